The fourth-order valence-electron chi connectivity index (χ4n) is 3.35. The molecule has 148 valence electrons. The van der Waals surface area contributed by atoms with E-state index in [0.717, 1.165) is 4.88 Å². The Morgan fingerprint density at radius 2 is 1.97 bits per heavy atom. The Morgan fingerprint density at radius 3 is 2.73 bits per heavy atom. The van der Waals surface area contributed by atoms with Gasteiger partial charge in [0, 0.05) is 27.0 Å². The summed E-state index contributed by atoms with van der Waals surface area (Å²) in [4.78, 5) is 31.0. The molecule has 6 nitrogen and oxygen atoms in total. The molecule has 0 aliphatic rings. The Morgan fingerprint density at radius 1 is 1.13 bits per heavy atom. The minimum absolute atomic E-state index is 0.179. The van der Waals surface area contributed by atoms with Crippen molar-refractivity contribution in [1.29, 1.82) is 0 Å². The van der Waals surface area contributed by atoms with E-state index in [1.165, 1.54) is 4.68 Å². The lowest BCUT2D eigenvalue weighted by Gasteiger charge is -2.06. The average Bonchev–Trinajstić information content (AvgIpc) is 3.40. The van der Waals surface area contributed by atoms with Crippen molar-refractivity contribution in [2.45, 2.75) is 6.54 Å². The second kappa shape index (κ2) is 7.44. The van der Waals surface area contributed by atoms with E-state index < -0.39 is 0 Å². The quantitative estimate of drug-likeness (QED) is 0.436. The van der Waals surface area contributed by atoms with Crippen LogP contribution in [0.1, 0.15) is 15.2 Å². The number of thiophene rings is 1. The number of nitrogens with one attached hydrogen (secondary N) is 2. The first-order chi connectivity index (χ1) is 14.6. The first-order valence-corrected chi connectivity index (χ1v) is 10.5. The van der Waals surface area contributed by atoms with Crippen molar-refractivity contribution >= 4 is 50.7 Å². The lowest BCUT2D eigenvalue weighted by atomic mass is 10.1. The van der Waals surface area contributed by atoms with Crippen molar-refractivity contribution in [2.24, 2.45) is 0 Å². The van der Waals surface area contributed by atoms with Crippen LogP contribution in [0.5, 0.6) is 0 Å². The van der Waals surface area contributed by atoms with Crippen molar-refractivity contribution in [3.8, 4) is 5.69 Å². The van der Waals surface area contributed by atoms with E-state index in [1.807, 2.05) is 17.5 Å². The maximum Gasteiger partial charge on any atom is 0.280 e. The van der Waals surface area contributed by atoms with Crippen LogP contribution in [-0.2, 0) is 6.54 Å². The highest BCUT2D eigenvalue weighted by atomic mass is 35.5. The summed E-state index contributed by atoms with van der Waals surface area (Å²) in [5, 5.41) is 9.80. The molecule has 0 spiro atoms. The van der Waals surface area contributed by atoms with Gasteiger partial charge in [0.15, 0.2) is 0 Å². The topological polar surface area (TPSA) is 79.8 Å². The third kappa shape index (κ3) is 3.28. The molecule has 8 heteroatoms. The minimum atomic E-state index is -0.214. The normalized spacial score (nSPS) is 11.2. The summed E-state index contributed by atoms with van der Waals surface area (Å²) in [5.74, 6) is -0.179. The van der Waals surface area contributed by atoms with Gasteiger partial charge in [-0.3, -0.25) is 19.7 Å². The molecule has 3 heterocycles. The number of pyridine rings is 1. The van der Waals surface area contributed by atoms with Crippen LogP contribution >= 0.6 is 22.9 Å². The van der Waals surface area contributed by atoms with Gasteiger partial charge in [0.1, 0.15) is 0 Å². The van der Waals surface area contributed by atoms with Crippen LogP contribution in [0, 0.1) is 0 Å². The standard InChI is InChI=1S/C22H15ClN4O2S/c23-14-4-6-15(7-5-14)27-22(29)18-12-24-19-8-3-13(10-17(19)20(18)26-27)21(28)25-11-16-2-1-9-30-16/h1-10,12,26H,11H2,(H,25,28). The van der Waals surface area contributed by atoms with Crippen molar-refractivity contribution < 1.29 is 4.79 Å². The van der Waals surface area contributed by atoms with E-state index in [2.05, 4.69) is 15.4 Å². The lowest BCUT2D eigenvalue weighted by molar-refractivity contribution is 0.0951. The first-order valence-electron chi connectivity index (χ1n) is 9.20. The number of carbonyl (C=O) groups is 1. The molecule has 0 unspecified atom stereocenters. The van der Waals surface area contributed by atoms with Crippen molar-refractivity contribution in [1.82, 2.24) is 20.1 Å². The number of benzene rings is 2. The van der Waals surface area contributed by atoms with Gasteiger partial charge in [-0.2, -0.15) is 0 Å². The summed E-state index contributed by atoms with van der Waals surface area (Å²) in [7, 11) is 0. The third-order valence-corrected chi connectivity index (χ3v) is 6.00. The molecule has 30 heavy (non-hydrogen) atoms. The zero-order chi connectivity index (χ0) is 20.7. The van der Waals surface area contributed by atoms with Crippen LogP contribution in [0.15, 0.2) is 71.0 Å². The third-order valence-electron chi connectivity index (χ3n) is 4.88. The maximum absolute atomic E-state index is 12.9. The summed E-state index contributed by atoms with van der Waals surface area (Å²) >= 11 is 7.55. The molecular weight excluding hydrogens is 420 g/mol. The highest BCUT2D eigenvalue weighted by Crippen LogP contribution is 2.23. The maximum atomic E-state index is 12.9. The van der Waals surface area contributed by atoms with Crippen LogP contribution in [0.3, 0.4) is 0 Å². The summed E-state index contributed by atoms with van der Waals surface area (Å²) in [6.07, 6.45) is 1.56. The fraction of sp³-hybridized carbons (Fsp3) is 0.0455. The Balaban J connectivity index is 1.57. The molecule has 0 saturated heterocycles. The van der Waals surface area contributed by atoms with Crippen LogP contribution in [0.2, 0.25) is 5.02 Å². The summed E-state index contributed by atoms with van der Waals surface area (Å²) in [6.45, 7) is 0.473. The Hall–Kier alpha value is -3.42. The van der Waals surface area contributed by atoms with E-state index in [9.17, 15) is 9.59 Å². The summed E-state index contributed by atoms with van der Waals surface area (Å²) in [6, 6.07) is 16.2. The molecule has 0 fully saturated rings. The molecule has 5 aromatic rings. The Kier molecular flexibility index (Phi) is 4.61. The van der Waals surface area contributed by atoms with Gasteiger partial charge in [-0.15, -0.1) is 11.3 Å². The molecule has 0 bridgehead atoms. The number of carbonyl (C=O) groups excluding carboxylic acids is 1. The highest BCUT2D eigenvalue weighted by molar-refractivity contribution is 7.09. The van der Waals surface area contributed by atoms with Gasteiger partial charge in [-0.25, -0.2) is 4.68 Å². The number of aromatic nitrogens is 3. The van der Waals surface area contributed by atoms with Crippen LogP contribution in [0.4, 0.5) is 0 Å². The number of aromatic amines is 1. The zero-order valence-electron chi connectivity index (χ0n) is 15.6. The molecule has 0 atom stereocenters. The molecule has 5 rings (SSSR count). The van der Waals surface area contributed by atoms with E-state index in [-0.39, 0.29) is 11.5 Å². The van der Waals surface area contributed by atoms with E-state index >= 15 is 0 Å². The van der Waals surface area contributed by atoms with Crippen LogP contribution in [0.25, 0.3) is 27.5 Å². The fourth-order valence-corrected chi connectivity index (χ4v) is 4.12. The van der Waals surface area contributed by atoms with Crippen molar-refractivity contribution in [3.63, 3.8) is 0 Å². The molecule has 0 saturated carbocycles. The first kappa shape index (κ1) is 18.6. The number of fused-ring (bicyclic) bond motifs is 3. The number of nitrogens with zero attached hydrogens (tertiary/aromatic N) is 2. The Labute approximate surface area is 179 Å². The van der Waals surface area contributed by atoms with Gasteiger partial charge in [0.2, 0.25) is 0 Å². The predicted molar refractivity (Wildman–Crippen MR) is 120 cm³/mol. The number of H-pyrrole nitrogens is 1. The highest BCUT2D eigenvalue weighted by Gasteiger charge is 2.14. The number of hydrogen-bond donors (Lipinski definition) is 2. The van der Waals surface area contributed by atoms with Crippen molar-refractivity contribution in [2.75, 3.05) is 0 Å². The number of amides is 1. The van der Waals surface area contributed by atoms with Gasteiger partial charge < -0.3 is 5.32 Å². The van der Waals surface area contributed by atoms with E-state index in [1.54, 1.807) is 60.0 Å². The summed E-state index contributed by atoms with van der Waals surface area (Å²) in [5.41, 5.74) is 2.29. The zero-order valence-corrected chi connectivity index (χ0v) is 17.1. The van der Waals surface area contributed by atoms with Gasteiger partial charge in [-0.1, -0.05) is 17.7 Å². The van der Waals surface area contributed by atoms with Gasteiger partial charge in [-0.05, 0) is 53.9 Å². The molecule has 0 aliphatic carbocycles. The SMILES string of the molecule is O=C(NCc1cccs1)c1ccc2ncc3c(=O)n(-c4ccc(Cl)cc4)[nH]c3c2c1. The molecule has 2 aromatic carbocycles. The smallest absolute Gasteiger partial charge is 0.280 e. The second-order valence-electron chi connectivity index (χ2n) is 6.77. The molecule has 2 N–H and O–H groups in total. The Bertz CT molecular complexity index is 1440. The molecule has 0 radical (unpaired) electrons. The monoisotopic (exact) mass is 434 g/mol. The number of rotatable bonds is 4. The van der Waals surface area contributed by atoms with Gasteiger partial charge in [0.05, 0.1) is 28.7 Å². The van der Waals surface area contributed by atoms with Crippen LogP contribution in [-0.4, -0.2) is 20.7 Å². The second-order valence-corrected chi connectivity index (χ2v) is 8.24. The molecule has 1 amide bonds. The van der Waals surface area contributed by atoms with Crippen LogP contribution < -0.4 is 10.9 Å². The average molecular weight is 435 g/mol. The van der Waals surface area contributed by atoms with Crippen molar-refractivity contribution in [3.05, 3.63) is 92.0 Å². The van der Waals surface area contributed by atoms with E-state index in [4.69, 9.17) is 11.6 Å². The van der Waals surface area contributed by atoms with Gasteiger partial charge >= 0.3 is 0 Å². The minimum Gasteiger partial charge on any atom is -0.347 e. The van der Waals surface area contributed by atoms with E-state index in [0.29, 0.717) is 44.6 Å². The number of halogens is 1. The number of hydrogen-bond acceptors (Lipinski definition) is 4. The van der Waals surface area contributed by atoms with Gasteiger partial charge in [0.25, 0.3) is 11.5 Å². The molecule has 3 aromatic heterocycles. The molecular formula is C22H15ClN4O2S. The summed E-state index contributed by atoms with van der Waals surface area (Å²) < 4.78 is 1.45. The molecule has 0 aliphatic heterocycles. The lowest BCUT2D eigenvalue weighted by Crippen LogP contribution is -2.22. The predicted octanol–water partition coefficient (Wildman–Crippen LogP) is 4.51. The largest absolute Gasteiger partial charge is 0.347 e.